The summed E-state index contributed by atoms with van der Waals surface area (Å²) in [6.45, 7) is 4.91. The average Bonchev–Trinajstić information content (AvgIpc) is 2.90. The Hall–Kier alpha value is -1.29. The van der Waals surface area contributed by atoms with Crippen molar-refractivity contribution in [2.45, 2.75) is 57.9 Å². The van der Waals surface area contributed by atoms with Gasteiger partial charge in [-0.05, 0) is 88.3 Å². The molecule has 4 heteroatoms. The largest absolute Gasteiger partial charge is 0.451 e. The van der Waals surface area contributed by atoms with Crippen molar-refractivity contribution in [2.75, 3.05) is 6.54 Å². The molecule has 1 heterocycles. The van der Waals surface area contributed by atoms with Gasteiger partial charge in [0.2, 0.25) is 0 Å². The second kappa shape index (κ2) is 5.85. The van der Waals surface area contributed by atoms with Gasteiger partial charge in [0.25, 0.3) is 5.91 Å². The lowest BCUT2D eigenvalue weighted by Gasteiger charge is -2.60. The van der Waals surface area contributed by atoms with Crippen LogP contribution in [0.5, 0.6) is 0 Å². The fourth-order valence-corrected chi connectivity index (χ4v) is 6.97. The summed E-state index contributed by atoms with van der Waals surface area (Å²) in [6.07, 6.45) is 7.77. The summed E-state index contributed by atoms with van der Waals surface area (Å²) < 4.78 is 7.06. The van der Waals surface area contributed by atoms with Crippen LogP contribution in [-0.2, 0) is 0 Å². The first kappa shape index (κ1) is 16.9. The molecular weight excluding hydrogens is 390 g/mol. The van der Waals surface area contributed by atoms with E-state index in [0.717, 1.165) is 45.3 Å². The van der Waals surface area contributed by atoms with E-state index < -0.39 is 0 Å². The minimum Gasteiger partial charge on any atom is -0.451 e. The fraction of sp³-hybridized carbons (Fsp3) is 0.591. The van der Waals surface area contributed by atoms with E-state index in [1.165, 1.54) is 38.5 Å². The number of nitrogens with zero attached hydrogens (tertiary/aromatic N) is 1. The molecule has 6 rings (SSSR count). The van der Waals surface area contributed by atoms with E-state index in [1.54, 1.807) is 0 Å². The van der Waals surface area contributed by atoms with E-state index in [0.29, 0.717) is 5.76 Å². The summed E-state index contributed by atoms with van der Waals surface area (Å²) in [4.78, 5) is 15.8. The highest BCUT2D eigenvalue weighted by atomic mass is 79.9. The van der Waals surface area contributed by atoms with Crippen LogP contribution >= 0.6 is 15.9 Å². The van der Waals surface area contributed by atoms with E-state index in [9.17, 15) is 4.79 Å². The van der Waals surface area contributed by atoms with E-state index in [-0.39, 0.29) is 11.4 Å². The molecule has 4 aliphatic rings. The standard InChI is InChI=1S/C22H26BrNO2/c1-3-24(22-10-14-6-15(11-22)8-16(7-14)12-22)21(25)20-13(2)18-9-17(23)4-5-19(18)26-20/h4-5,9,14-16H,3,6-8,10-12H2,1-2H3. The summed E-state index contributed by atoms with van der Waals surface area (Å²) in [5, 5.41) is 1.03. The molecule has 1 aromatic heterocycles. The van der Waals surface area contributed by atoms with E-state index >= 15 is 0 Å². The molecule has 0 unspecified atom stereocenters. The van der Waals surface area contributed by atoms with Gasteiger partial charge >= 0.3 is 0 Å². The molecule has 4 bridgehead atoms. The molecule has 4 saturated carbocycles. The number of furan rings is 1. The highest BCUT2D eigenvalue weighted by Crippen LogP contribution is 2.58. The monoisotopic (exact) mass is 415 g/mol. The van der Waals surface area contributed by atoms with Crippen LogP contribution in [0.25, 0.3) is 11.0 Å². The zero-order valence-electron chi connectivity index (χ0n) is 15.6. The van der Waals surface area contributed by atoms with Crippen molar-refractivity contribution in [3.8, 4) is 0 Å². The minimum atomic E-state index is 0.0760. The van der Waals surface area contributed by atoms with Gasteiger partial charge in [0.05, 0.1) is 0 Å². The van der Waals surface area contributed by atoms with Gasteiger partial charge in [-0.25, -0.2) is 0 Å². The quantitative estimate of drug-likeness (QED) is 0.621. The summed E-state index contributed by atoms with van der Waals surface area (Å²) >= 11 is 3.53. The number of hydrogen-bond acceptors (Lipinski definition) is 2. The Morgan fingerprint density at radius 2 is 1.81 bits per heavy atom. The lowest BCUT2D eigenvalue weighted by atomic mass is 9.52. The van der Waals surface area contributed by atoms with Crippen LogP contribution in [0, 0.1) is 24.7 Å². The first-order valence-electron chi connectivity index (χ1n) is 9.99. The summed E-state index contributed by atoms with van der Waals surface area (Å²) in [5.74, 6) is 3.12. The van der Waals surface area contributed by atoms with Crippen LogP contribution in [0.3, 0.4) is 0 Å². The third-order valence-corrected chi connectivity index (χ3v) is 7.73. The predicted octanol–water partition coefficient (Wildman–Crippen LogP) is 5.93. The Morgan fingerprint density at radius 3 is 2.38 bits per heavy atom. The van der Waals surface area contributed by atoms with E-state index in [2.05, 4.69) is 27.8 Å². The molecule has 138 valence electrons. The minimum absolute atomic E-state index is 0.0760. The molecule has 26 heavy (non-hydrogen) atoms. The smallest absolute Gasteiger partial charge is 0.290 e. The molecule has 0 atom stereocenters. The van der Waals surface area contributed by atoms with Crippen LogP contribution in [0.2, 0.25) is 0 Å². The van der Waals surface area contributed by atoms with Gasteiger partial charge < -0.3 is 9.32 Å². The number of carbonyl (C=O) groups is 1. The summed E-state index contributed by atoms with van der Waals surface area (Å²) in [7, 11) is 0. The highest BCUT2D eigenvalue weighted by molar-refractivity contribution is 9.10. The molecule has 1 aromatic carbocycles. The van der Waals surface area contributed by atoms with Crippen LogP contribution < -0.4 is 0 Å². The van der Waals surface area contributed by atoms with Crippen molar-refractivity contribution in [3.05, 3.63) is 34.0 Å². The second-order valence-electron chi connectivity index (χ2n) is 8.89. The molecule has 4 aliphatic carbocycles. The molecule has 4 fully saturated rings. The van der Waals surface area contributed by atoms with Crippen molar-refractivity contribution in [1.29, 1.82) is 0 Å². The number of halogens is 1. The first-order valence-corrected chi connectivity index (χ1v) is 10.8. The zero-order valence-corrected chi connectivity index (χ0v) is 17.1. The highest BCUT2D eigenvalue weighted by Gasteiger charge is 2.54. The van der Waals surface area contributed by atoms with Gasteiger partial charge in [-0.15, -0.1) is 0 Å². The van der Waals surface area contributed by atoms with E-state index in [4.69, 9.17) is 4.42 Å². The topological polar surface area (TPSA) is 33.5 Å². The van der Waals surface area contributed by atoms with Crippen LogP contribution in [-0.4, -0.2) is 22.9 Å². The number of hydrogen-bond donors (Lipinski definition) is 0. The predicted molar refractivity (Wildman–Crippen MR) is 106 cm³/mol. The van der Waals surface area contributed by atoms with Crippen molar-refractivity contribution in [1.82, 2.24) is 4.90 Å². The Balaban J connectivity index is 1.54. The SMILES string of the molecule is CCN(C(=O)c1oc2ccc(Br)cc2c1C)C12CC3CC(CC(C3)C1)C2. The van der Waals surface area contributed by atoms with Crippen LogP contribution in [0.4, 0.5) is 0 Å². The third-order valence-electron chi connectivity index (χ3n) is 7.23. The van der Waals surface area contributed by atoms with Gasteiger partial charge in [0, 0.05) is 27.5 Å². The van der Waals surface area contributed by atoms with Gasteiger partial charge in [-0.1, -0.05) is 15.9 Å². The lowest BCUT2D eigenvalue weighted by Crippen LogP contribution is -2.61. The normalized spacial score (nSPS) is 32.3. The van der Waals surface area contributed by atoms with Crippen molar-refractivity contribution >= 4 is 32.8 Å². The van der Waals surface area contributed by atoms with Crippen molar-refractivity contribution in [2.24, 2.45) is 17.8 Å². The van der Waals surface area contributed by atoms with Crippen LogP contribution in [0.15, 0.2) is 27.1 Å². The maximum absolute atomic E-state index is 13.6. The maximum atomic E-state index is 13.6. The molecule has 0 N–H and O–H groups in total. The van der Waals surface area contributed by atoms with Crippen molar-refractivity contribution in [3.63, 3.8) is 0 Å². The van der Waals surface area contributed by atoms with Crippen LogP contribution in [0.1, 0.15) is 61.6 Å². The molecule has 3 nitrogen and oxygen atoms in total. The van der Waals surface area contributed by atoms with Gasteiger partial charge in [-0.3, -0.25) is 4.79 Å². The molecule has 0 saturated heterocycles. The Bertz CT molecular complexity index is 848. The number of amides is 1. The Labute approximate surface area is 163 Å². The second-order valence-corrected chi connectivity index (χ2v) is 9.80. The number of rotatable bonds is 3. The third kappa shape index (κ3) is 2.41. The number of fused-ring (bicyclic) bond motifs is 1. The van der Waals surface area contributed by atoms with Crippen molar-refractivity contribution < 1.29 is 9.21 Å². The Kier molecular flexibility index (Phi) is 3.79. The molecule has 0 radical (unpaired) electrons. The summed E-state index contributed by atoms with van der Waals surface area (Å²) in [5.41, 5.74) is 1.84. The van der Waals surface area contributed by atoms with Gasteiger partial charge in [0.15, 0.2) is 5.76 Å². The maximum Gasteiger partial charge on any atom is 0.290 e. The Morgan fingerprint density at radius 1 is 1.19 bits per heavy atom. The molecular formula is C22H26BrNO2. The van der Waals surface area contributed by atoms with E-state index in [1.807, 2.05) is 25.1 Å². The molecule has 0 aliphatic heterocycles. The van der Waals surface area contributed by atoms with Gasteiger partial charge in [0.1, 0.15) is 5.58 Å². The average molecular weight is 416 g/mol. The first-order chi connectivity index (χ1) is 12.5. The number of benzene rings is 1. The van der Waals surface area contributed by atoms with Gasteiger partial charge in [-0.2, -0.15) is 0 Å². The lowest BCUT2D eigenvalue weighted by molar-refractivity contribution is -0.0738. The molecule has 0 spiro atoms. The number of carbonyl (C=O) groups excluding carboxylic acids is 1. The molecule has 2 aromatic rings. The summed E-state index contributed by atoms with van der Waals surface area (Å²) in [6, 6.07) is 5.96. The fourth-order valence-electron chi connectivity index (χ4n) is 6.61. The zero-order chi connectivity index (χ0) is 18.1. The number of aryl methyl sites for hydroxylation is 1. The molecule has 1 amide bonds.